The van der Waals surface area contributed by atoms with E-state index in [1.807, 2.05) is 17.7 Å². The van der Waals surface area contributed by atoms with Gasteiger partial charge >= 0.3 is 0 Å². The molecule has 0 aliphatic heterocycles. The zero-order valence-electron chi connectivity index (χ0n) is 21.1. The number of thiophene rings is 1. The number of nitrogens with one attached hydrogen (secondary N) is 1. The Morgan fingerprint density at radius 2 is 1.91 bits per heavy atom. The molecule has 0 saturated heterocycles. The summed E-state index contributed by atoms with van der Waals surface area (Å²) < 4.78 is 1.91. The van der Waals surface area contributed by atoms with Crippen molar-refractivity contribution in [1.82, 2.24) is 30.1 Å². The second-order valence-electron chi connectivity index (χ2n) is 10.5. The number of hydrogen-bond acceptors (Lipinski definition) is 6. The Kier molecular flexibility index (Phi) is 6.73. The van der Waals surface area contributed by atoms with Crippen LogP contribution in [0.4, 0.5) is 0 Å². The molecule has 1 N–H and O–H groups in total. The van der Waals surface area contributed by atoms with Gasteiger partial charge in [-0.15, -0.1) is 16.4 Å². The Hall–Kier alpha value is -2.84. The summed E-state index contributed by atoms with van der Waals surface area (Å²) in [5, 5.41) is 16.0. The summed E-state index contributed by atoms with van der Waals surface area (Å²) >= 11 is 1.72. The third-order valence-electron chi connectivity index (χ3n) is 6.10. The lowest BCUT2D eigenvalue weighted by atomic mass is 9.98. The Morgan fingerprint density at radius 1 is 1.15 bits per heavy atom. The number of tetrazole rings is 1. The maximum Gasteiger partial charge on any atom is 0.252 e. The van der Waals surface area contributed by atoms with Gasteiger partial charge in [0, 0.05) is 23.5 Å². The molecule has 7 nitrogen and oxygen atoms in total. The van der Waals surface area contributed by atoms with Crippen molar-refractivity contribution in [3.05, 3.63) is 73.5 Å². The highest BCUT2D eigenvalue weighted by atomic mass is 32.1. The smallest absolute Gasteiger partial charge is 0.252 e. The van der Waals surface area contributed by atoms with E-state index in [0.717, 1.165) is 27.9 Å². The molecule has 180 valence electrons. The van der Waals surface area contributed by atoms with Gasteiger partial charge in [0.15, 0.2) is 5.82 Å². The van der Waals surface area contributed by atoms with Crippen molar-refractivity contribution in [3.63, 3.8) is 0 Å². The summed E-state index contributed by atoms with van der Waals surface area (Å²) in [6.07, 6.45) is 0. The number of fused-ring (bicyclic) bond motifs is 1. The maximum atomic E-state index is 13.2. The molecule has 0 spiro atoms. The lowest BCUT2D eigenvalue weighted by Crippen LogP contribution is -2.37. The molecule has 3 aromatic heterocycles. The van der Waals surface area contributed by atoms with Gasteiger partial charge in [-0.1, -0.05) is 31.5 Å². The van der Waals surface area contributed by atoms with Crippen molar-refractivity contribution in [2.24, 2.45) is 5.92 Å². The van der Waals surface area contributed by atoms with E-state index < -0.39 is 0 Å². The number of benzene rings is 1. The monoisotopic (exact) mass is 478 g/mol. The fourth-order valence-corrected chi connectivity index (χ4v) is 5.39. The summed E-state index contributed by atoms with van der Waals surface area (Å²) in [5.74, 6) is 1.05. The number of H-pyrrole nitrogens is 1. The minimum Gasteiger partial charge on any atom is -0.321 e. The third kappa shape index (κ3) is 4.98. The minimum absolute atomic E-state index is 0.0476. The SMILES string of the molecule is Cc1cc(C)c2[nH]c(=O)c(CN(Cc3cccs3)[C@@H](c3nnnn3C(C)(C)C)C(C)C)cc2c1. The molecule has 0 aliphatic rings. The van der Waals surface area contributed by atoms with Crippen molar-refractivity contribution in [2.45, 2.75) is 73.1 Å². The summed E-state index contributed by atoms with van der Waals surface area (Å²) in [6.45, 7) is 16.0. The average Bonchev–Trinajstić information content (AvgIpc) is 3.41. The predicted octanol–water partition coefficient (Wildman–Crippen LogP) is 5.35. The van der Waals surface area contributed by atoms with Crippen LogP contribution in [0.1, 0.15) is 68.1 Å². The molecule has 0 radical (unpaired) electrons. The van der Waals surface area contributed by atoms with Gasteiger partial charge in [0.1, 0.15) is 0 Å². The van der Waals surface area contributed by atoms with Crippen LogP contribution in [0.2, 0.25) is 0 Å². The first-order valence-corrected chi connectivity index (χ1v) is 12.6. The normalized spacial score (nSPS) is 13.3. The van der Waals surface area contributed by atoms with Crippen LogP contribution in [0.25, 0.3) is 10.9 Å². The number of pyridine rings is 1. The lowest BCUT2D eigenvalue weighted by molar-refractivity contribution is 0.121. The molecule has 0 fully saturated rings. The van der Waals surface area contributed by atoms with E-state index in [1.54, 1.807) is 11.3 Å². The molecule has 8 heteroatoms. The van der Waals surface area contributed by atoms with Gasteiger partial charge < -0.3 is 4.98 Å². The zero-order chi connectivity index (χ0) is 24.6. The van der Waals surface area contributed by atoms with Gasteiger partial charge in [0.25, 0.3) is 5.56 Å². The first kappa shape index (κ1) is 24.3. The molecule has 3 heterocycles. The molecule has 0 unspecified atom stereocenters. The van der Waals surface area contributed by atoms with E-state index in [9.17, 15) is 4.79 Å². The molecule has 0 amide bonds. The first-order chi connectivity index (χ1) is 16.0. The topological polar surface area (TPSA) is 79.7 Å². The summed E-state index contributed by atoms with van der Waals surface area (Å²) in [7, 11) is 0. The summed E-state index contributed by atoms with van der Waals surface area (Å²) in [4.78, 5) is 19.9. The Balaban J connectivity index is 1.81. The Morgan fingerprint density at radius 3 is 2.56 bits per heavy atom. The van der Waals surface area contributed by atoms with E-state index in [2.05, 4.69) is 96.6 Å². The molecular formula is C26H34N6OS. The van der Waals surface area contributed by atoms with Crippen LogP contribution >= 0.6 is 11.3 Å². The lowest BCUT2D eigenvalue weighted by Gasteiger charge is -2.35. The van der Waals surface area contributed by atoms with E-state index in [0.29, 0.717) is 13.1 Å². The number of aryl methyl sites for hydroxylation is 2. The fraction of sp³-hybridized carbons (Fsp3) is 0.462. The molecule has 34 heavy (non-hydrogen) atoms. The third-order valence-corrected chi connectivity index (χ3v) is 6.96. The van der Waals surface area contributed by atoms with E-state index >= 15 is 0 Å². The zero-order valence-corrected chi connectivity index (χ0v) is 21.9. The average molecular weight is 479 g/mol. The molecular weight excluding hydrogens is 444 g/mol. The highest BCUT2D eigenvalue weighted by Crippen LogP contribution is 2.33. The molecule has 1 aromatic carbocycles. The minimum atomic E-state index is -0.254. The van der Waals surface area contributed by atoms with Gasteiger partial charge in [-0.05, 0) is 85.5 Å². The number of aromatic nitrogens is 5. The van der Waals surface area contributed by atoms with Crippen molar-refractivity contribution in [3.8, 4) is 0 Å². The molecule has 4 rings (SSSR count). The second kappa shape index (κ2) is 9.43. The molecule has 4 aromatic rings. The van der Waals surface area contributed by atoms with Crippen molar-refractivity contribution in [2.75, 3.05) is 0 Å². The Bertz CT molecular complexity index is 1330. The van der Waals surface area contributed by atoms with Gasteiger partial charge in [-0.3, -0.25) is 9.69 Å². The number of aromatic amines is 1. The molecule has 0 bridgehead atoms. The highest BCUT2D eigenvalue weighted by Gasteiger charge is 2.33. The second-order valence-corrected chi connectivity index (χ2v) is 11.5. The van der Waals surface area contributed by atoms with E-state index in [-0.39, 0.29) is 23.1 Å². The first-order valence-electron chi connectivity index (χ1n) is 11.7. The van der Waals surface area contributed by atoms with Gasteiger partial charge in [0.2, 0.25) is 0 Å². The van der Waals surface area contributed by atoms with Crippen LogP contribution in [0.15, 0.2) is 40.5 Å². The molecule has 0 saturated carbocycles. The van der Waals surface area contributed by atoms with Gasteiger partial charge in [0.05, 0.1) is 17.1 Å². The fourth-order valence-electron chi connectivity index (χ4n) is 4.66. The van der Waals surface area contributed by atoms with Crippen LogP contribution in [0.5, 0.6) is 0 Å². The van der Waals surface area contributed by atoms with Crippen LogP contribution in [-0.2, 0) is 18.6 Å². The van der Waals surface area contributed by atoms with Gasteiger partial charge in [-0.25, -0.2) is 4.68 Å². The summed E-state index contributed by atoms with van der Waals surface area (Å²) in [5.41, 5.74) is 3.61. The number of hydrogen-bond donors (Lipinski definition) is 1. The highest BCUT2D eigenvalue weighted by molar-refractivity contribution is 7.09. The number of rotatable bonds is 7. The van der Waals surface area contributed by atoms with E-state index in [4.69, 9.17) is 0 Å². The van der Waals surface area contributed by atoms with Gasteiger partial charge in [-0.2, -0.15) is 0 Å². The van der Waals surface area contributed by atoms with Crippen LogP contribution in [-0.4, -0.2) is 30.1 Å². The standard InChI is InChI=1S/C26H34N6OS/c1-16(2)23(24-28-29-30-32(24)26(5,6)7)31(15-21-9-8-10-34-21)14-20-13-19-12-17(3)11-18(4)22(19)27-25(20)33/h8-13,16,23H,14-15H2,1-7H3,(H,27,33)/t23-/m1/s1. The summed E-state index contributed by atoms with van der Waals surface area (Å²) in [6, 6.07) is 10.4. The molecule has 0 aliphatic carbocycles. The Labute approximate surface area is 204 Å². The predicted molar refractivity (Wildman–Crippen MR) is 138 cm³/mol. The number of nitrogens with zero attached hydrogens (tertiary/aromatic N) is 5. The largest absolute Gasteiger partial charge is 0.321 e. The van der Waals surface area contributed by atoms with Crippen molar-refractivity contribution in [1.29, 1.82) is 0 Å². The van der Waals surface area contributed by atoms with Crippen LogP contribution in [0, 0.1) is 19.8 Å². The maximum absolute atomic E-state index is 13.2. The van der Waals surface area contributed by atoms with Crippen molar-refractivity contribution < 1.29 is 0 Å². The molecule has 1 atom stereocenters. The van der Waals surface area contributed by atoms with Crippen LogP contribution < -0.4 is 5.56 Å². The van der Waals surface area contributed by atoms with Crippen LogP contribution in [0.3, 0.4) is 0 Å². The van der Waals surface area contributed by atoms with E-state index in [1.165, 1.54) is 10.4 Å². The van der Waals surface area contributed by atoms with Crippen molar-refractivity contribution >= 4 is 22.2 Å². The quantitative estimate of drug-likeness (QED) is 0.387.